The van der Waals surface area contributed by atoms with Crippen molar-refractivity contribution in [1.82, 2.24) is 9.62 Å². The molecule has 10 heteroatoms. The fourth-order valence-electron chi connectivity index (χ4n) is 4.07. The molecule has 1 unspecified atom stereocenters. The normalized spacial score (nSPS) is 20.1. The van der Waals surface area contributed by atoms with E-state index in [0.29, 0.717) is 17.1 Å². The van der Waals surface area contributed by atoms with Crippen LogP contribution >= 0.6 is 11.3 Å². The smallest absolute Gasteiger partial charge is 0.341 e. The van der Waals surface area contributed by atoms with E-state index < -0.39 is 16.0 Å². The first-order chi connectivity index (χ1) is 13.8. The minimum atomic E-state index is -3.27. The van der Waals surface area contributed by atoms with E-state index in [2.05, 4.69) is 10.0 Å². The van der Waals surface area contributed by atoms with Gasteiger partial charge in [-0.25, -0.2) is 17.9 Å². The van der Waals surface area contributed by atoms with E-state index in [4.69, 9.17) is 4.74 Å². The highest BCUT2D eigenvalue weighted by molar-refractivity contribution is 7.88. The van der Waals surface area contributed by atoms with Gasteiger partial charge in [-0.1, -0.05) is 6.42 Å². The summed E-state index contributed by atoms with van der Waals surface area (Å²) < 4.78 is 30.3. The third-order valence-electron chi connectivity index (χ3n) is 5.49. The number of anilines is 1. The number of carbonyl (C=O) groups excluding carboxylic acids is 2. The van der Waals surface area contributed by atoms with Gasteiger partial charge in [0.05, 0.1) is 25.5 Å². The Morgan fingerprint density at radius 1 is 1.21 bits per heavy atom. The van der Waals surface area contributed by atoms with E-state index >= 15 is 0 Å². The molecule has 1 saturated heterocycles. The number of thiophene rings is 1. The van der Waals surface area contributed by atoms with Crippen molar-refractivity contribution in [2.75, 3.05) is 38.3 Å². The van der Waals surface area contributed by atoms with Crippen LogP contribution < -0.4 is 10.0 Å². The minimum absolute atomic E-state index is 0.0131. The molecule has 1 aliphatic carbocycles. The molecule has 3 rings (SSSR count). The van der Waals surface area contributed by atoms with Crippen molar-refractivity contribution >= 4 is 38.2 Å². The first-order valence-corrected chi connectivity index (χ1v) is 12.7. The highest BCUT2D eigenvalue weighted by atomic mass is 32.2. The standard InChI is InChI=1S/C19H29N3O5S2/c1-27-19(24)17-14-8-3-4-9-15(14)28-18(17)21-16(23)12-22-10-6-5-7-13(22)11-20-29(2,25)26/h13,20H,3-12H2,1-2H3,(H,21,23). The molecule has 2 aliphatic rings. The lowest BCUT2D eigenvalue weighted by Gasteiger charge is -2.35. The molecule has 1 aromatic rings. The van der Waals surface area contributed by atoms with Crippen molar-refractivity contribution in [2.24, 2.45) is 0 Å². The topological polar surface area (TPSA) is 105 Å². The largest absolute Gasteiger partial charge is 0.465 e. The molecule has 2 heterocycles. The number of aryl methyl sites for hydroxylation is 1. The van der Waals surface area contributed by atoms with Crippen LogP contribution in [0.4, 0.5) is 5.00 Å². The second-order valence-electron chi connectivity index (χ2n) is 7.70. The second kappa shape index (κ2) is 9.55. The summed E-state index contributed by atoms with van der Waals surface area (Å²) in [5.74, 6) is -0.604. The lowest BCUT2D eigenvalue weighted by Crippen LogP contribution is -2.49. The van der Waals surface area contributed by atoms with E-state index in [0.717, 1.165) is 68.2 Å². The average Bonchev–Trinajstić information content (AvgIpc) is 3.03. The van der Waals surface area contributed by atoms with Crippen LogP contribution in [0.1, 0.15) is 52.9 Å². The van der Waals surface area contributed by atoms with Crippen LogP contribution in [0.15, 0.2) is 0 Å². The third-order valence-corrected chi connectivity index (χ3v) is 7.39. The van der Waals surface area contributed by atoms with Crippen molar-refractivity contribution in [3.63, 3.8) is 0 Å². The van der Waals surface area contributed by atoms with Gasteiger partial charge >= 0.3 is 5.97 Å². The maximum absolute atomic E-state index is 12.8. The summed E-state index contributed by atoms with van der Waals surface area (Å²) in [5.41, 5.74) is 1.51. The number of likely N-dealkylation sites (tertiary alicyclic amines) is 1. The zero-order valence-electron chi connectivity index (χ0n) is 17.0. The first kappa shape index (κ1) is 22.2. The van der Waals surface area contributed by atoms with Crippen LogP contribution in [0.2, 0.25) is 0 Å². The number of ether oxygens (including phenoxy) is 1. The summed E-state index contributed by atoms with van der Waals surface area (Å²) in [6.45, 7) is 1.21. The van der Waals surface area contributed by atoms with Gasteiger partial charge in [-0.05, 0) is 50.6 Å². The summed E-state index contributed by atoms with van der Waals surface area (Å²) in [6.07, 6.45) is 7.84. The number of amides is 1. The van der Waals surface area contributed by atoms with Gasteiger partial charge in [0.1, 0.15) is 5.00 Å². The van der Waals surface area contributed by atoms with E-state index in [1.807, 2.05) is 4.90 Å². The quantitative estimate of drug-likeness (QED) is 0.622. The van der Waals surface area contributed by atoms with Crippen molar-refractivity contribution in [3.8, 4) is 0 Å². The molecular weight excluding hydrogens is 414 g/mol. The molecule has 1 amide bonds. The predicted molar refractivity (Wildman–Crippen MR) is 113 cm³/mol. The van der Waals surface area contributed by atoms with Gasteiger partial charge in [-0.15, -0.1) is 11.3 Å². The molecule has 8 nitrogen and oxygen atoms in total. The van der Waals surface area contributed by atoms with Crippen LogP contribution in [-0.2, 0) is 32.4 Å². The molecule has 1 aromatic heterocycles. The third kappa shape index (κ3) is 5.78. The summed E-state index contributed by atoms with van der Waals surface area (Å²) in [7, 11) is -1.92. The molecule has 0 radical (unpaired) electrons. The Balaban J connectivity index is 1.69. The number of hydrogen-bond acceptors (Lipinski definition) is 7. The highest BCUT2D eigenvalue weighted by Crippen LogP contribution is 2.38. The Hall–Kier alpha value is -1.49. The van der Waals surface area contributed by atoms with E-state index in [1.54, 1.807) is 0 Å². The molecule has 1 fully saturated rings. The monoisotopic (exact) mass is 443 g/mol. The van der Waals surface area contributed by atoms with Crippen molar-refractivity contribution in [3.05, 3.63) is 16.0 Å². The van der Waals surface area contributed by atoms with Crippen LogP contribution in [0.5, 0.6) is 0 Å². The number of hydrogen-bond donors (Lipinski definition) is 2. The number of methoxy groups -OCH3 is 1. The highest BCUT2D eigenvalue weighted by Gasteiger charge is 2.29. The number of fused-ring (bicyclic) bond motifs is 1. The van der Waals surface area contributed by atoms with Crippen molar-refractivity contribution < 1.29 is 22.7 Å². The van der Waals surface area contributed by atoms with Gasteiger partial charge in [-0.3, -0.25) is 9.69 Å². The number of carbonyl (C=O) groups is 2. The molecule has 0 aromatic carbocycles. The van der Waals surface area contributed by atoms with Gasteiger partial charge in [0.2, 0.25) is 15.9 Å². The first-order valence-electron chi connectivity index (χ1n) is 10.00. The Labute approximate surface area is 176 Å². The molecule has 0 bridgehead atoms. The lowest BCUT2D eigenvalue weighted by molar-refractivity contribution is -0.118. The zero-order chi connectivity index (χ0) is 21.0. The Bertz CT molecular complexity index is 865. The second-order valence-corrected chi connectivity index (χ2v) is 10.6. The van der Waals surface area contributed by atoms with Crippen LogP contribution in [0, 0.1) is 0 Å². The number of nitrogens with zero attached hydrogens (tertiary/aromatic N) is 1. The summed E-state index contributed by atoms with van der Waals surface area (Å²) in [6, 6.07) is -0.0131. The molecular formula is C19H29N3O5S2. The molecule has 1 atom stereocenters. The molecule has 0 saturated carbocycles. The van der Waals surface area contributed by atoms with Gasteiger partial charge < -0.3 is 10.1 Å². The maximum atomic E-state index is 12.8. The number of rotatable bonds is 7. The number of piperidine rings is 1. The minimum Gasteiger partial charge on any atom is -0.465 e. The summed E-state index contributed by atoms with van der Waals surface area (Å²) in [5, 5.41) is 3.49. The van der Waals surface area contributed by atoms with E-state index in [-0.39, 0.29) is 18.5 Å². The summed E-state index contributed by atoms with van der Waals surface area (Å²) in [4.78, 5) is 28.3. The fourth-order valence-corrected chi connectivity index (χ4v) is 5.86. The number of esters is 1. The molecule has 0 spiro atoms. The van der Waals surface area contributed by atoms with Gasteiger partial charge in [0.15, 0.2) is 0 Å². The Morgan fingerprint density at radius 2 is 1.97 bits per heavy atom. The Morgan fingerprint density at radius 3 is 2.69 bits per heavy atom. The Kier molecular flexibility index (Phi) is 7.31. The van der Waals surface area contributed by atoms with Crippen LogP contribution in [0.3, 0.4) is 0 Å². The fraction of sp³-hybridized carbons (Fsp3) is 0.684. The molecule has 2 N–H and O–H groups in total. The summed E-state index contributed by atoms with van der Waals surface area (Å²) >= 11 is 1.47. The molecule has 1 aliphatic heterocycles. The van der Waals surface area contributed by atoms with Gasteiger partial charge in [-0.2, -0.15) is 0 Å². The van der Waals surface area contributed by atoms with Crippen molar-refractivity contribution in [2.45, 2.75) is 51.0 Å². The van der Waals surface area contributed by atoms with Crippen molar-refractivity contribution in [1.29, 1.82) is 0 Å². The molecule has 29 heavy (non-hydrogen) atoms. The number of sulfonamides is 1. The van der Waals surface area contributed by atoms with Crippen LogP contribution in [0.25, 0.3) is 0 Å². The maximum Gasteiger partial charge on any atom is 0.341 e. The average molecular weight is 444 g/mol. The van der Waals surface area contributed by atoms with Gasteiger partial charge in [0.25, 0.3) is 0 Å². The van der Waals surface area contributed by atoms with Crippen LogP contribution in [-0.4, -0.2) is 64.2 Å². The van der Waals surface area contributed by atoms with Gasteiger partial charge in [0, 0.05) is 17.5 Å². The molecule has 162 valence electrons. The van der Waals surface area contributed by atoms with E-state index in [9.17, 15) is 18.0 Å². The number of nitrogens with one attached hydrogen (secondary N) is 2. The predicted octanol–water partition coefficient (Wildman–Crippen LogP) is 1.76. The zero-order valence-corrected chi connectivity index (χ0v) is 18.6. The van der Waals surface area contributed by atoms with E-state index in [1.165, 1.54) is 18.4 Å². The SMILES string of the molecule is COC(=O)c1c(NC(=O)CN2CCCCC2CNS(C)(=O)=O)sc2c1CCCC2. The lowest BCUT2D eigenvalue weighted by atomic mass is 9.95.